The van der Waals surface area contributed by atoms with E-state index in [1.54, 1.807) is 0 Å². The van der Waals surface area contributed by atoms with Gasteiger partial charge >= 0.3 is 0 Å². The second-order valence-corrected chi connectivity index (χ2v) is 5.58. The molecular formula is C13H23NO2. The van der Waals surface area contributed by atoms with Gasteiger partial charge in [0.1, 0.15) is 6.61 Å². The molecule has 0 radical (unpaired) electrons. The van der Waals surface area contributed by atoms with Gasteiger partial charge in [0, 0.05) is 18.5 Å². The average molecular weight is 225 g/mol. The highest BCUT2D eigenvalue weighted by Gasteiger charge is 2.33. The first-order valence-corrected chi connectivity index (χ1v) is 6.53. The summed E-state index contributed by atoms with van der Waals surface area (Å²) in [5.74, 6) is 0.877. The van der Waals surface area contributed by atoms with Gasteiger partial charge in [0.2, 0.25) is 0 Å². The molecule has 2 saturated heterocycles. The van der Waals surface area contributed by atoms with E-state index in [0.717, 1.165) is 6.42 Å². The molecule has 0 aromatic heterocycles. The van der Waals surface area contributed by atoms with E-state index < -0.39 is 0 Å². The zero-order valence-corrected chi connectivity index (χ0v) is 10.4. The number of Topliss-reactive ketones (excluding diaryl/α,β-unsaturated/α-hetero) is 1. The smallest absolute Gasteiger partial charge is 0.158 e. The third kappa shape index (κ3) is 3.29. The molecule has 1 N–H and O–H groups in total. The molecule has 3 heteroatoms. The highest BCUT2D eigenvalue weighted by molar-refractivity contribution is 5.79. The van der Waals surface area contributed by atoms with E-state index in [1.807, 2.05) is 13.8 Å². The minimum Gasteiger partial charge on any atom is -0.371 e. The third-order valence-corrected chi connectivity index (χ3v) is 3.66. The molecule has 0 aromatic rings. The van der Waals surface area contributed by atoms with Crippen LogP contribution in [0.4, 0.5) is 0 Å². The second kappa shape index (κ2) is 5.28. The predicted octanol–water partition coefficient (Wildman–Crippen LogP) is 1.90. The van der Waals surface area contributed by atoms with E-state index in [-0.39, 0.29) is 11.9 Å². The Kier molecular flexibility index (Phi) is 3.98. The molecule has 0 spiro atoms. The Morgan fingerprint density at radius 1 is 1.31 bits per heavy atom. The second-order valence-electron chi connectivity index (χ2n) is 5.58. The molecule has 2 atom stereocenters. The summed E-state index contributed by atoms with van der Waals surface area (Å²) < 4.78 is 5.35. The molecule has 2 rings (SSSR count). The molecule has 2 aliphatic rings. The molecule has 2 bridgehead atoms. The largest absolute Gasteiger partial charge is 0.371 e. The van der Waals surface area contributed by atoms with Crippen molar-refractivity contribution in [2.24, 2.45) is 5.92 Å². The molecular weight excluding hydrogens is 202 g/mol. The lowest BCUT2D eigenvalue weighted by atomic mass is 9.88. The molecule has 0 saturated carbocycles. The maximum atomic E-state index is 11.7. The van der Waals surface area contributed by atoms with Crippen LogP contribution >= 0.6 is 0 Å². The van der Waals surface area contributed by atoms with Gasteiger partial charge in [-0.15, -0.1) is 0 Å². The molecule has 0 amide bonds. The first kappa shape index (κ1) is 12.1. The number of rotatable bonds is 5. The number of hydrogen-bond acceptors (Lipinski definition) is 3. The van der Waals surface area contributed by atoms with Crippen molar-refractivity contribution in [1.82, 2.24) is 5.32 Å². The van der Waals surface area contributed by atoms with Gasteiger partial charge in [0.15, 0.2) is 5.78 Å². The number of nitrogens with one attached hydrogen (secondary N) is 1. The van der Waals surface area contributed by atoms with Crippen LogP contribution in [0.25, 0.3) is 0 Å². The number of carbonyl (C=O) groups excluding carboxylic acids is 1. The van der Waals surface area contributed by atoms with Crippen molar-refractivity contribution < 1.29 is 9.53 Å². The van der Waals surface area contributed by atoms with E-state index in [9.17, 15) is 4.79 Å². The summed E-state index contributed by atoms with van der Waals surface area (Å²) in [7, 11) is 0. The zero-order valence-electron chi connectivity index (χ0n) is 10.4. The number of fused-ring (bicyclic) bond motifs is 2. The fourth-order valence-electron chi connectivity index (χ4n) is 2.98. The van der Waals surface area contributed by atoms with E-state index >= 15 is 0 Å². The Labute approximate surface area is 97.9 Å². The van der Waals surface area contributed by atoms with E-state index in [1.165, 1.54) is 25.7 Å². The summed E-state index contributed by atoms with van der Waals surface area (Å²) >= 11 is 0. The Morgan fingerprint density at radius 3 is 2.50 bits per heavy atom. The first-order valence-electron chi connectivity index (χ1n) is 6.53. The predicted molar refractivity (Wildman–Crippen MR) is 63.4 cm³/mol. The maximum Gasteiger partial charge on any atom is 0.158 e. The minimum atomic E-state index is 0.160. The summed E-state index contributed by atoms with van der Waals surface area (Å²) in [6.45, 7) is 4.24. The quantitative estimate of drug-likeness (QED) is 0.776. The number of piperidine rings is 1. The summed E-state index contributed by atoms with van der Waals surface area (Å²) in [5, 5.41) is 3.60. The average Bonchev–Trinajstić information content (AvgIpc) is 2.55. The normalized spacial score (nSPS) is 33.3. The van der Waals surface area contributed by atoms with Gasteiger partial charge in [-0.1, -0.05) is 0 Å². The molecule has 2 aliphatic heterocycles. The third-order valence-electron chi connectivity index (χ3n) is 3.66. The molecule has 92 valence electrons. The van der Waals surface area contributed by atoms with Crippen molar-refractivity contribution >= 4 is 5.78 Å². The van der Waals surface area contributed by atoms with Gasteiger partial charge in [0.25, 0.3) is 0 Å². The Balaban J connectivity index is 1.71. The maximum absolute atomic E-state index is 11.7. The monoisotopic (exact) mass is 225 g/mol. The summed E-state index contributed by atoms with van der Waals surface area (Å²) in [5.41, 5.74) is 0. The minimum absolute atomic E-state index is 0.160. The van der Waals surface area contributed by atoms with Crippen LogP contribution in [0.15, 0.2) is 0 Å². The van der Waals surface area contributed by atoms with Crippen LogP contribution in [0.2, 0.25) is 0 Å². The van der Waals surface area contributed by atoms with Crippen LogP contribution in [0.3, 0.4) is 0 Å². The van der Waals surface area contributed by atoms with Crippen molar-refractivity contribution in [1.29, 1.82) is 0 Å². The van der Waals surface area contributed by atoms with Crippen LogP contribution in [0.5, 0.6) is 0 Å². The first-order chi connectivity index (χ1) is 7.63. The van der Waals surface area contributed by atoms with Crippen molar-refractivity contribution in [3.8, 4) is 0 Å². The fraction of sp³-hybridized carbons (Fsp3) is 0.923. The van der Waals surface area contributed by atoms with Gasteiger partial charge in [-0.05, 0) is 45.4 Å². The van der Waals surface area contributed by atoms with Crippen molar-refractivity contribution in [2.75, 3.05) is 6.61 Å². The summed E-state index contributed by atoms with van der Waals surface area (Å²) in [6.07, 6.45) is 5.86. The number of ether oxygens (including phenoxy) is 1. The van der Waals surface area contributed by atoms with Crippen LogP contribution < -0.4 is 5.32 Å². The van der Waals surface area contributed by atoms with E-state index in [2.05, 4.69) is 5.32 Å². The highest BCUT2D eigenvalue weighted by Crippen LogP contribution is 2.32. The molecule has 0 aliphatic carbocycles. The Morgan fingerprint density at radius 2 is 1.94 bits per heavy atom. The molecule has 0 aromatic carbocycles. The van der Waals surface area contributed by atoms with Crippen LogP contribution in [0, 0.1) is 5.92 Å². The van der Waals surface area contributed by atoms with Gasteiger partial charge in [-0.25, -0.2) is 0 Å². The van der Waals surface area contributed by atoms with Gasteiger partial charge in [-0.2, -0.15) is 0 Å². The van der Waals surface area contributed by atoms with Gasteiger partial charge in [0.05, 0.1) is 6.10 Å². The molecule has 2 heterocycles. The standard InChI is InChI=1S/C13H23NO2/c1-9(2)16-8-13(15)7-10-5-11-3-4-12(6-10)14-11/h9-12,14H,3-8H2,1-2H3. The lowest BCUT2D eigenvalue weighted by molar-refractivity contribution is -0.126. The van der Waals surface area contributed by atoms with Gasteiger partial charge in [-0.3, -0.25) is 4.79 Å². The van der Waals surface area contributed by atoms with Crippen molar-refractivity contribution in [3.05, 3.63) is 0 Å². The topological polar surface area (TPSA) is 38.3 Å². The molecule has 2 fully saturated rings. The van der Waals surface area contributed by atoms with Crippen molar-refractivity contribution in [2.45, 2.75) is 64.1 Å². The lowest BCUT2D eigenvalue weighted by Crippen LogP contribution is -2.38. The molecule has 3 nitrogen and oxygen atoms in total. The lowest BCUT2D eigenvalue weighted by Gasteiger charge is -2.28. The summed E-state index contributed by atoms with van der Waals surface area (Å²) in [6, 6.07) is 1.37. The van der Waals surface area contributed by atoms with Crippen LogP contribution in [-0.4, -0.2) is 30.6 Å². The highest BCUT2D eigenvalue weighted by atomic mass is 16.5. The summed E-state index contributed by atoms with van der Waals surface area (Å²) in [4.78, 5) is 11.7. The Hall–Kier alpha value is -0.410. The number of ketones is 1. The Bertz CT molecular complexity index is 240. The zero-order chi connectivity index (χ0) is 11.5. The fourth-order valence-corrected chi connectivity index (χ4v) is 2.98. The van der Waals surface area contributed by atoms with E-state index in [0.29, 0.717) is 24.6 Å². The van der Waals surface area contributed by atoms with Crippen molar-refractivity contribution in [3.63, 3.8) is 0 Å². The van der Waals surface area contributed by atoms with Crippen LogP contribution in [0.1, 0.15) is 46.0 Å². The number of carbonyl (C=O) groups is 1. The molecule has 2 unspecified atom stereocenters. The molecule has 16 heavy (non-hydrogen) atoms. The van der Waals surface area contributed by atoms with Crippen LogP contribution in [-0.2, 0) is 9.53 Å². The number of hydrogen-bond donors (Lipinski definition) is 1. The SMILES string of the molecule is CC(C)OCC(=O)CC1CC2CCC(C1)N2. The van der Waals surface area contributed by atoms with Gasteiger partial charge < -0.3 is 10.1 Å². The van der Waals surface area contributed by atoms with E-state index in [4.69, 9.17) is 4.74 Å².